The average Bonchev–Trinajstić information content (AvgIpc) is 3.01. The number of hydrogen-bond acceptors (Lipinski definition) is 6. The molecule has 2 atom stereocenters. The lowest BCUT2D eigenvalue weighted by Gasteiger charge is -2.26. The van der Waals surface area contributed by atoms with Crippen LogP contribution in [0.1, 0.15) is 42.7 Å². The van der Waals surface area contributed by atoms with Crippen molar-refractivity contribution in [2.75, 3.05) is 6.61 Å². The van der Waals surface area contributed by atoms with Gasteiger partial charge in [0, 0.05) is 6.92 Å². The molecule has 1 fully saturated rings. The lowest BCUT2D eigenvalue weighted by atomic mass is 9.95. The van der Waals surface area contributed by atoms with Crippen LogP contribution in [0.15, 0.2) is 34.7 Å². The highest BCUT2D eigenvalue weighted by Crippen LogP contribution is 2.31. The van der Waals surface area contributed by atoms with Gasteiger partial charge in [0.05, 0.1) is 13.0 Å². The summed E-state index contributed by atoms with van der Waals surface area (Å²) in [6.07, 6.45) is 1.88. The number of carbonyl (C=O) groups excluding carboxylic acids is 1. The molecule has 0 aliphatic carbocycles. The number of benzene rings is 1. The lowest BCUT2D eigenvalue weighted by Crippen LogP contribution is -2.24. The topological polar surface area (TPSA) is 74.5 Å². The second kappa shape index (κ2) is 7.37. The number of ether oxygens (including phenoxy) is 2. The third-order valence-electron chi connectivity index (χ3n) is 3.89. The number of hydrogen-bond donors (Lipinski definition) is 0. The Bertz CT molecular complexity index is 633. The number of nitrogens with zero attached hydrogens (tertiary/aromatic N) is 2. The zero-order valence-electron chi connectivity index (χ0n) is 13.1. The number of aryl methyl sites for hydroxylation is 1. The standard InChI is InChI=1S/C17H20N2O4/c1-12-18-19-17(23-12)15-8-7-14(11-21-15)9-16(20)22-10-13-5-3-2-4-6-13/h2-6,14-15H,7-11H2,1H3/t14-,15-/m0/s1. The Kier molecular flexibility index (Phi) is 5.02. The Labute approximate surface area is 134 Å². The van der Waals surface area contributed by atoms with Crippen LogP contribution in [0.3, 0.4) is 0 Å². The highest BCUT2D eigenvalue weighted by Gasteiger charge is 2.28. The number of aromatic nitrogens is 2. The Morgan fingerprint density at radius 2 is 2.09 bits per heavy atom. The van der Waals surface area contributed by atoms with Crippen molar-refractivity contribution in [2.45, 2.75) is 38.9 Å². The fourth-order valence-corrected chi connectivity index (χ4v) is 2.64. The third-order valence-corrected chi connectivity index (χ3v) is 3.89. The highest BCUT2D eigenvalue weighted by molar-refractivity contribution is 5.69. The maximum absolute atomic E-state index is 11.9. The van der Waals surface area contributed by atoms with E-state index in [1.807, 2.05) is 30.3 Å². The number of rotatable bonds is 5. The van der Waals surface area contributed by atoms with E-state index in [-0.39, 0.29) is 18.0 Å². The summed E-state index contributed by atoms with van der Waals surface area (Å²) in [6.45, 7) is 2.58. The van der Waals surface area contributed by atoms with Crippen molar-refractivity contribution in [3.8, 4) is 0 Å². The van der Waals surface area contributed by atoms with Gasteiger partial charge in [-0.3, -0.25) is 4.79 Å². The first-order chi connectivity index (χ1) is 11.2. The van der Waals surface area contributed by atoms with E-state index in [9.17, 15) is 4.79 Å². The summed E-state index contributed by atoms with van der Waals surface area (Å²) in [5.74, 6) is 1.05. The molecule has 0 N–H and O–H groups in total. The molecule has 6 heteroatoms. The first kappa shape index (κ1) is 15.7. The summed E-state index contributed by atoms with van der Waals surface area (Å²) in [6, 6.07) is 9.67. The lowest BCUT2D eigenvalue weighted by molar-refractivity contribution is -0.148. The molecule has 1 aliphatic heterocycles. The first-order valence-electron chi connectivity index (χ1n) is 7.82. The molecular weight excluding hydrogens is 296 g/mol. The normalized spacial score (nSPS) is 21.1. The van der Waals surface area contributed by atoms with Gasteiger partial charge in [0.25, 0.3) is 0 Å². The molecule has 23 heavy (non-hydrogen) atoms. The molecule has 0 amide bonds. The summed E-state index contributed by atoms with van der Waals surface area (Å²) >= 11 is 0. The SMILES string of the molecule is Cc1nnc([C@@H]2CC[C@@H](CC(=O)OCc3ccccc3)CO2)o1. The Morgan fingerprint density at radius 3 is 2.74 bits per heavy atom. The van der Waals surface area contributed by atoms with Gasteiger partial charge in [-0.2, -0.15) is 0 Å². The van der Waals surface area contributed by atoms with Gasteiger partial charge in [-0.25, -0.2) is 0 Å². The van der Waals surface area contributed by atoms with E-state index >= 15 is 0 Å². The van der Waals surface area contributed by atoms with Crippen LogP contribution in [0.25, 0.3) is 0 Å². The summed E-state index contributed by atoms with van der Waals surface area (Å²) in [7, 11) is 0. The minimum Gasteiger partial charge on any atom is -0.461 e. The quantitative estimate of drug-likeness (QED) is 0.789. The molecule has 1 saturated heterocycles. The van der Waals surface area contributed by atoms with Crippen LogP contribution in [-0.4, -0.2) is 22.8 Å². The number of carbonyl (C=O) groups is 1. The summed E-state index contributed by atoms with van der Waals surface area (Å²) in [5.41, 5.74) is 0.993. The zero-order valence-corrected chi connectivity index (χ0v) is 13.1. The molecule has 122 valence electrons. The van der Waals surface area contributed by atoms with E-state index in [0.29, 0.717) is 31.4 Å². The van der Waals surface area contributed by atoms with Crippen molar-refractivity contribution in [1.82, 2.24) is 10.2 Å². The molecule has 2 heterocycles. The zero-order chi connectivity index (χ0) is 16.1. The molecule has 0 bridgehead atoms. The van der Waals surface area contributed by atoms with Gasteiger partial charge >= 0.3 is 5.97 Å². The first-order valence-corrected chi connectivity index (χ1v) is 7.82. The molecular formula is C17H20N2O4. The smallest absolute Gasteiger partial charge is 0.306 e. The van der Waals surface area contributed by atoms with Crippen molar-refractivity contribution >= 4 is 5.97 Å². The van der Waals surface area contributed by atoms with Gasteiger partial charge in [0.1, 0.15) is 12.7 Å². The van der Waals surface area contributed by atoms with Crippen LogP contribution in [0, 0.1) is 12.8 Å². The fraction of sp³-hybridized carbons (Fsp3) is 0.471. The van der Waals surface area contributed by atoms with Crippen LogP contribution in [-0.2, 0) is 20.9 Å². The van der Waals surface area contributed by atoms with Crippen LogP contribution < -0.4 is 0 Å². The molecule has 1 aliphatic rings. The fourth-order valence-electron chi connectivity index (χ4n) is 2.64. The predicted octanol–water partition coefficient (Wildman–Crippen LogP) is 2.98. The van der Waals surface area contributed by atoms with E-state index in [4.69, 9.17) is 13.9 Å². The molecule has 1 aromatic carbocycles. The van der Waals surface area contributed by atoms with Crippen molar-refractivity contribution in [2.24, 2.45) is 5.92 Å². The molecule has 1 aromatic heterocycles. The molecule has 0 radical (unpaired) electrons. The molecule has 2 aromatic rings. The summed E-state index contributed by atoms with van der Waals surface area (Å²) < 4.78 is 16.4. The van der Waals surface area contributed by atoms with E-state index in [0.717, 1.165) is 18.4 Å². The van der Waals surface area contributed by atoms with E-state index in [1.165, 1.54) is 0 Å². The Hall–Kier alpha value is -2.21. The van der Waals surface area contributed by atoms with Crippen molar-refractivity contribution in [3.63, 3.8) is 0 Å². The third kappa shape index (κ3) is 4.39. The summed E-state index contributed by atoms with van der Waals surface area (Å²) in [5, 5.41) is 7.80. The highest BCUT2D eigenvalue weighted by atomic mass is 16.5. The molecule has 0 saturated carbocycles. The maximum atomic E-state index is 11.9. The van der Waals surface area contributed by atoms with Gasteiger partial charge in [0.15, 0.2) is 0 Å². The minimum absolute atomic E-state index is 0.159. The van der Waals surface area contributed by atoms with E-state index in [2.05, 4.69) is 10.2 Å². The van der Waals surface area contributed by atoms with Gasteiger partial charge in [0.2, 0.25) is 11.8 Å². The average molecular weight is 316 g/mol. The van der Waals surface area contributed by atoms with Gasteiger partial charge in [-0.05, 0) is 24.3 Å². The van der Waals surface area contributed by atoms with Crippen LogP contribution in [0.2, 0.25) is 0 Å². The monoisotopic (exact) mass is 316 g/mol. The molecule has 0 unspecified atom stereocenters. The summed E-state index contributed by atoms with van der Waals surface area (Å²) in [4.78, 5) is 11.9. The van der Waals surface area contributed by atoms with Gasteiger partial charge < -0.3 is 13.9 Å². The van der Waals surface area contributed by atoms with Crippen molar-refractivity contribution in [3.05, 3.63) is 47.7 Å². The second-order valence-electron chi connectivity index (χ2n) is 5.78. The maximum Gasteiger partial charge on any atom is 0.306 e. The Morgan fingerprint density at radius 1 is 1.26 bits per heavy atom. The van der Waals surface area contributed by atoms with E-state index in [1.54, 1.807) is 6.92 Å². The van der Waals surface area contributed by atoms with Crippen LogP contribution >= 0.6 is 0 Å². The second-order valence-corrected chi connectivity index (χ2v) is 5.78. The molecule has 6 nitrogen and oxygen atoms in total. The Balaban J connectivity index is 1.41. The van der Waals surface area contributed by atoms with Gasteiger partial charge in [-0.15, -0.1) is 10.2 Å². The minimum atomic E-state index is -0.186. The van der Waals surface area contributed by atoms with Crippen molar-refractivity contribution < 1.29 is 18.7 Å². The largest absolute Gasteiger partial charge is 0.461 e. The van der Waals surface area contributed by atoms with Crippen LogP contribution in [0.5, 0.6) is 0 Å². The van der Waals surface area contributed by atoms with E-state index < -0.39 is 0 Å². The van der Waals surface area contributed by atoms with Crippen molar-refractivity contribution in [1.29, 1.82) is 0 Å². The van der Waals surface area contributed by atoms with Crippen LogP contribution in [0.4, 0.5) is 0 Å². The van der Waals surface area contributed by atoms with Gasteiger partial charge in [-0.1, -0.05) is 30.3 Å². The predicted molar refractivity (Wildman–Crippen MR) is 81.3 cm³/mol. The molecule has 3 rings (SSSR count). The number of esters is 1. The molecule has 0 spiro atoms.